The Bertz CT molecular complexity index is 838. The molecule has 0 aliphatic heterocycles. The summed E-state index contributed by atoms with van der Waals surface area (Å²) in [5.74, 6) is 0.299. The van der Waals surface area contributed by atoms with Crippen molar-refractivity contribution in [3.63, 3.8) is 0 Å². The summed E-state index contributed by atoms with van der Waals surface area (Å²) < 4.78 is 30.2. The highest BCUT2D eigenvalue weighted by Gasteiger charge is 2.21. The van der Waals surface area contributed by atoms with Gasteiger partial charge in [-0.15, -0.1) is 0 Å². The van der Waals surface area contributed by atoms with Crippen LogP contribution in [-0.4, -0.2) is 27.1 Å². The third kappa shape index (κ3) is 4.60. The third-order valence-electron chi connectivity index (χ3n) is 3.28. The van der Waals surface area contributed by atoms with Crippen molar-refractivity contribution in [2.45, 2.75) is 13.0 Å². The fourth-order valence-corrected chi connectivity index (χ4v) is 3.08. The number of nitrogens with one attached hydrogen (secondary N) is 1. The number of carbonyl (C=O) groups excluding carboxylic acids is 1. The first-order valence-electron chi connectivity index (χ1n) is 7.17. The third-order valence-corrected chi connectivity index (χ3v) is 4.46. The second-order valence-corrected chi connectivity index (χ2v) is 6.98. The molecule has 7 nitrogen and oxygen atoms in total. The molecule has 1 heterocycles. The standard InChI is InChI=1S/C16H17N3O4S/c1-24(21,22)19(15-7-3-2-5-13(15)11-17)9-8-16(20)18-12-14-6-4-10-23-14/h2-7,10H,8-9,12H2,1H3,(H,18,20). The second-order valence-electron chi connectivity index (χ2n) is 5.07. The van der Waals surface area contributed by atoms with Crippen molar-refractivity contribution < 1.29 is 17.6 Å². The first-order valence-corrected chi connectivity index (χ1v) is 9.02. The number of hydrogen-bond acceptors (Lipinski definition) is 5. The highest BCUT2D eigenvalue weighted by Crippen LogP contribution is 2.22. The molecule has 8 heteroatoms. The van der Waals surface area contributed by atoms with Gasteiger partial charge in [-0.25, -0.2) is 8.42 Å². The summed E-state index contributed by atoms with van der Waals surface area (Å²) in [6, 6.07) is 11.8. The molecular formula is C16H17N3O4S. The lowest BCUT2D eigenvalue weighted by atomic mass is 10.2. The Morgan fingerprint density at radius 3 is 2.67 bits per heavy atom. The zero-order chi connectivity index (χ0) is 17.6. The van der Waals surface area contributed by atoms with E-state index in [1.165, 1.54) is 12.3 Å². The molecule has 1 aromatic heterocycles. The smallest absolute Gasteiger partial charge is 0.232 e. The van der Waals surface area contributed by atoms with Crippen LogP contribution >= 0.6 is 0 Å². The van der Waals surface area contributed by atoms with Crippen LogP contribution in [0.2, 0.25) is 0 Å². The van der Waals surface area contributed by atoms with E-state index in [0.717, 1.165) is 10.6 Å². The number of furan rings is 1. The molecule has 0 saturated carbocycles. The minimum Gasteiger partial charge on any atom is -0.467 e. The Balaban J connectivity index is 2.05. The lowest BCUT2D eigenvalue weighted by Crippen LogP contribution is -2.35. The predicted octanol–water partition coefficient (Wildman–Crippen LogP) is 1.62. The number of benzene rings is 1. The molecule has 24 heavy (non-hydrogen) atoms. The number of sulfonamides is 1. The fourth-order valence-electron chi connectivity index (χ4n) is 2.14. The van der Waals surface area contributed by atoms with Crippen LogP contribution < -0.4 is 9.62 Å². The van der Waals surface area contributed by atoms with Gasteiger partial charge >= 0.3 is 0 Å². The molecule has 0 saturated heterocycles. The molecule has 1 amide bonds. The Morgan fingerprint density at radius 1 is 1.29 bits per heavy atom. The van der Waals surface area contributed by atoms with Gasteiger partial charge < -0.3 is 9.73 Å². The maximum Gasteiger partial charge on any atom is 0.232 e. The van der Waals surface area contributed by atoms with E-state index in [1.807, 2.05) is 6.07 Å². The zero-order valence-electron chi connectivity index (χ0n) is 13.1. The van der Waals surface area contributed by atoms with Gasteiger partial charge in [0.1, 0.15) is 11.8 Å². The van der Waals surface area contributed by atoms with Crippen LogP contribution in [0.5, 0.6) is 0 Å². The average molecular weight is 347 g/mol. The Labute approximate surface area is 140 Å². The molecule has 0 fully saturated rings. The topological polar surface area (TPSA) is 103 Å². The van der Waals surface area contributed by atoms with Crippen LogP contribution in [0, 0.1) is 11.3 Å². The molecule has 0 radical (unpaired) electrons. The molecule has 0 spiro atoms. The van der Waals surface area contributed by atoms with Crippen molar-refractivity contribution in [3.8, 4) is 6.07 Å². The molecule has 0 aliphatic carbocycles. The normalized spacial score (nSPS) is 10.8. The molecular weight excluding hydrogens is 330 g/mol. The van der Waals surface area contributed by atoms with Crippen molar-refractivity contribution in [3.05, 3.63) is 54.0 Å². The molecule has 0 bridgehead atoms. The molecule has 1 aromatic carbocycles. The Morgan fingerprint density at radius 2 is 2.04 bits per heavy atom. The first-order chi connectivity index (χ1) is 11.4. The van der Waals surface area contributed by atoms with Crippen molar-refractivity contribution >= 4 is 21.6 Å². The number of nitrogens with zero attached hydrogens (tertiary/aromatic N) is 2. The summed E-state index contributed by atoms with van der Waals surface area (Å²) in [7, 11) is -3.62. The number of carbonyl (C=O) groups is 1. The number of amides is 1. The van der Waals surface area contributed by atoms with Gasteiger partial charge in [-0.2, -0.15) is 5.26 Å². The van der Waals surface area contributed by atoms with Gasteiger partial charge in [-0.1, -0.05) is 12.1 Å². The van der Waals surface area contributed by atoms with Crippen LogP contribution in [0.15, 0.2) is 47.1 Å². The summed E-state index contributed by atoms with van der Waals surface area (Å²) in [6.45, 7) is 0.182. The van der Waals surface area contributed by atoms with Gasteiger partial charge in [0.05, 0.1) is 30.3 Å². The largest absolute Gasteiger partial charge is 0.467 e. The monoisotopic (exact) mass is 347 g/mol. The van der Waals surface area contributed by atoms with Crippen molar-refractivity contribution in [1.82, 2.24) is 5.32 Å². The van der Waals surface area contributed by atoms with Gasteiger partial charge in [0.25, 0.3) is 0 Å². The second kappa shape index (κ2) is 7.66. The van der Waals surface area contributed by atoms with E-state index in [0.29, 0.717) is 5.76 Å². The summed E-state index contributed by atoms with van der Waals surface area (Å²) in [4.78, 5) is 11.9. The predicted molar refractivity (Wildman–Crippen MR) is 88.5 cm³/mol. The van der Waals surface area contributed by atoms with E-state index in [2.05, 4.69) is 5.32 Å². The SMILES string of the molecule is CS(=O)(=O)N(CCC(=O)NCc1ccco1)c1ccccc1C#N. The number of rotatable bonds is 7. The first kappa shape index (κ1) is 17.6. The van der Waals surface area contributed by atoms with E-state index >= 15 is 0 Å². The van der Waals surface area contributed by atoms with Gasteiger partial charge in [0.15, 0.2) is 0 Å². The molecule has 2 aromatic rings. The molecule has 126 valence electrons. The minimum absolute atomic E-state index is 0.0342. The van der Waals surface area contributed by atoms with E-state index in [1.54, 1.807) is 30.3 Å². The lowest BCUT2D eigenvalue weighted by Gasteiger charge is -2.23. The number of para-hydroxylation sites is 1. The number of hydrogen-bond donors (Lipinski definition) is 1. The highest BCUT2D eigenvalue weighted by molar-refractivity contribution is 7.92. The molecule has 1 N–H and O–H groups in total. The quantitative estimate of drug-likeness (QED) is 0.820. The Hall–Kier alpha value is -2.79. The average Bonchev–Trinajstić information content (AvgIpc) is 3.05. The van der Waals surface area contributed by atoms with Crippen molar-refractivity contribution in [2.75, 3.05) is 17.1 Å². The van der Waals surface area contributed by atoms with Crippen molar-refractivity contribution in [1.29, 1.82) is 5.26 Å². The summed E-state index contributed by atoms with van der Waals surface area (Å²) >= 11 is 0. The van der Waals surface area contributed by atoms with Crippen molar-refractivity contribution in [2.24, 2.45) is 0 Å². The van der Waals surface area contributed by atoms with Crippen LogP contribution in [0.3, 0.4) is 0 Å². The maximum atomic E-state index is 12.0. The summed E-state index contributed by atoms with van der Waals surface area (Å²) in [5.41, 5.74) is 0.500. The lowest BCUT2D eigenvalue weighted by molar-refractivity contribution is -0.121. The van der Waals surface area contributed by atoms with E-state index in [-0.39, 0.29) is 36.7 Å². The van der Waals surface area contributed by atoms with Gasteiger partial charge in [0.2, 0.25) is 15.9 Å². The maximum absolute atomic E-state index is 12.0. The molecule has 2 rings (SSSR count). The number of nitriles is 1. The van der Waals surface area contributed by atoms with Crippen LogP contribution in [0.4, 0.5) is 5.69 Å². The van der Waals surface area contributed by atoms with Gasteiger partial charge in [-0.05, 0) is 24.3 Å². The van der Waals surface area contributed by atoms with E-state index < -0.39 is 10.0 Å². The highest BCUT2D eigenvalue weighted by atomic mass is 32.2. The summed E-state index contributed by atoms with van der Waals surface area (Å²) in [6.07, 6.45) is 2.52. The zero-order valence-corrected chi connectivity index (χ0v) is 13.9. The van der Waals surface area contributed by atoms with Crippen LogP contribution in [0.25, 0.3) is 0 Å². The van der Waals surface area contributed by atoms with Gasteiger partial charge in [0, 0.05) is 13.0 Å². The summed E-state index contributed by atoms with van der Waals surface area (Å²) in [5, 5.41) is 11.8. The minimum atomic E-state index is -3.62. The Kier molecular flexibility index (Phi) is 5.60. The van der Waals surface area contributed by atoms with E-state index in [9.17, 15) is 13.2 Å². The molecule has 0 unspecified atom stereocenters. The molecule has 0 aliphatic rings. The van der Waals surface area contributed by atoms with Crippen LogP contribution in [0.1, 0.15) is 17.7 Å². The molecule has 0 atom stereocenters. The van der Waals surface area contributed by atoms with Crippen LogP contribution in [-0.2, 0) is 21.4 Å². The fraction of sp³-hybridized carbons (Fsp3) is 0.250. The van der Waals surface area contributed by atoms with Gasteiger partial charge in [-0.3, -0.25) is 9.10 Å². The number of anilines is 1. The van der Waals surface area contributed by atoms with E-state index in [4.69, 9.17) is 9.68 Å².